The van der Waals surface area contributed by atoms with Gasteiger partial charge in [0.25, 0.3) is 0 Å². The summed E-state index contributed by atoms with van der Waals surface area (Å²) in [6.45, 7) is 0. The molecule has 0 aliphatic rings. The predicted molar refractivity (Wildman–Crippen MR) is 61.4 cm³/mol. The van der Waals surface area contributed by atoms with Gasteiger partial charge in [-0.3, -0.25) is 0 Å². The Hall–Kier alpha value is -1.22. The first-order valence-corrected chi connectivity index (χ1v) is 5.12. The van der Waals surface area contributed by atoms with Gasteiger partial charge in [-0.2, -0.15) is 0 Å². The predicted octanol–water partition coefficient (Wildman–Crippen LogP) is 3.75. The Kier molecular flexibility index (Phi) is 2.59. The Morgan fingerprint density at radius 3 is 2.71 bits per heavy atom. The van der Waals surface area contributed by atoms with Gasteiger partial charge >= 0.3 is 0 Å². The summed E-state index contributed by atoms with van der Waals surface area (Å²) in [4.78, 5) is 0. The third-order valence-corrected chi connectivity index (χ3v) is 2.45. The normalized spacial score (nSPS) is 10.1. The van der Waals surface area contributed by atoms with E-state index < -0.39 is 0 Å². The summed E-state index contributed by atoms with van der Waals surface area (Å²) in [5.41, 5.74) is 1.07. The molecule has 0 atom stereocenters. The number of hydrogen-bond donors (Lipinski definition) is 1. The fourth-order valence-electron chi connectivity index (χ4n) is 1.27. The van der Waals surface area contributed by atoms with Gasteiger partial charge in [-0.15, -0.1) is 0 Å². The number of hydrogen-bond acceptors (Lipinski definition) is 2. The molecule has 0 fully saturated rings. The first-order valence-electron chi connectivity index (χ1n) is 4.33. The smallest absolute Gasteiger partial charge is 0.193 e. The highest BCUT2D eigenvalue weighted by molar-refractivity contribution is 9.10. The van der Waals surface area contributed by atoms with Crippen LogP contribution in [0.4, 0.5) is 5.88 Å². The molecule has 0 unspecified atom stereocenters. The lowest BCUT2D eigenvalue weighted by Crippen LogP contribution is -1.82. The lowest BCUT2D eigenvalue weighted by Gasteiger charge is -1.97. The molecule has 0 spiro atoms. The van der Waals surface area contributed by atoms with E-state index in [0.29, 0.717) is 0 Å². The highest BCUT2D eigenvalue weighted by Gasteiger charge is 2.03. The van der Waals surface area contributed by atoms with Crippen LogP contribution >= 0.6 is 15.9 Å². The van der Waals surface area contributed by atoms with Crippen molar-refractivity contribution in [1.82, 2.24) is 0 Å². The molecule has 0 aliphatic heterocycles. The zero-order valence-corrected chi connectivity index (χ0v) is 9.34. The number of halogens is 1. The van der Waals surface area contributed by atoms with Gasteiger partial charge in [-0.1, -0.05) is 28.1 Å². The number of rotatable bonds is 2. The lowest BCUT2D eigenvalue weighted by atomic mass is 10.2. The molecule has 1 aromatic carbocycles. The average Bonchev–Trinajstić information content (AvgIpc) is 2.66. The minimum atomic E-state index is 0.778. The van der Waals surface area contributed by atoms with Crippen LogP contribution in [0.3, 0.4) is 0 Å². The molecule has 0 radical (unpaired) electrons. The standard InChI is InChI=1S/C11H10BrNO/c1-13-11-6-5-10(14-11)8-3-2-4-9(12)7-8/h2-7,13H,1H3. The third-order valence-electron chi connectivity index (χ3n) is 1.96. The minimum Gasteiger partial charge on any atom is -0.441 e. The summed E-state index contributed by atoms with van der Waals surface area (Å²) in [6.07, 6.45) is 0. The van der Waals surface area contributed by atoms with Gasteiger partial charge < -0.3 is 9.73 Å². The van der Waals surface area contributed by atoms with Crippen LogP contribution in [0.25, 0.3) is 11.3 Å². The van der Waals surface area contributed by atoms with Gasteiger partial charge in [0.1, 0.15) is 5.76 Å². The van der Waals surface area contributed by atoms with Crippen molar-refractivity contribution in [2.45, 2.75) is 0 Å². The van der Waals surface area contributed by atoms with Gasteiger partial charge in [0, 0.05) is 23.2 Å². The fraction of sp³-hybridized carbons (Fsp3) is 0.0909. The van der Waals surface area contributed by atoms with Crippen molar-refractivity contribution in [3.05, 3.63) is 40.9 Å². The van der Waals surface area contributed by atoms with Gasteiger partial charge in [0.15, 0.2) is 5.88 Å². The molecular weight excluding hydrogens is 242 g/mol. The molecule has 14 heavy (non-hydrogen) atoms. The topological polar surface area (TPSA) is 25.2 Å². The highest BCUT2D eigenvalue weighted by Crippen LogP contribution is 2.26. The number of furan rings is 1. The maximum Gasteiger partial charge on any atom is 0.193 e. The van der Waals surface area contributed by atoms with E-state index in [2.05, 4.69) is 21.2 Å². The van der Waals surface area contributed by atoms with Gasteiger partial charge in [0.2, 0.25) is 0 Å². The third kappa shape index (κ3) is 1.82. The molecule has 0 bridgehead atoms. The van der Waals surface area contributed by atoms with Crippen LogP contribution in [0, 0.1) is 0 Å². The molecule has 2 rings (SSSR count). The molecule has 0 saturated carbocycles. The Labute approximate surface area is 91.1 Å². The van der Waals surface area contributed by atoms with Crippen LogP contribution in [0.2, 0.25) is 0 Å². The van der Waals surface area contributed by atoms with Crippen molar-refractivity contribution in [1.29, 1.82) is 0 Å². The Morgan fingerprint density at radius 1 is 1.21 bits per heavy atom. The van der Waals surface area contributed by atoms with Crippen LogP contribution in [-0.2, 0) is 0 Å². The van der Waals surface area contributed by atoms with Crippen LogP contribution in [0.15, 0.2) is 45.3 Å². The number of benzene rings is 1. The zero-order chi connectivity index (χ0) is 9.97. The molecule has 1 heterocycles. The second-order valence-corrected chi connectivity index (χ2v) is 3.84. The molecule has 0 amide bonds. The molecule has 2 aromatic rings. The average molecular weight is 252 g/mol. The van der Waals surface area contributed by atoms with Crippen molar-refractivity contribution in [2.75, 3.05) is 12.4 Å². The monoisotopic (exact) mass is 251 g/mol. The fourth-order valence-corrected chi connectivity index (χ4v) is 1.67. The Balaban J connectivity index is 2.39. The van der Waals surface area contributed by atoms with Crippen LogP contribution in [0.1, 0.15) is 0 Å². The van der Waals surface area contributed by atoms with Crippen molar-refractivity contribution in [3.63, 3.8) is 0 Å². The Morgan fingerprint density at radius 2 is 2.07 bits per heavy atom. The summed E-state index contributed by atoms with van der Waals surface area (Å²) >= 11 is 3.43. The summed E-state index contributed by atoms with van der Waals surface area (Å²) in [6, 6.07) is 11.9. The van der Waals surface area contributed by atoms with Crippen LogP contribution in [0.5, 0.6) is 0 Å². The number of anilines is 1. The summed E-state index contributed by atoms with van der Waals surface area (Å²) in [7, 11) is 1.84. The van der Waals surface area contributed by atoms with Gasteiger partial charge in [-0.25, -0.2) is 0 Å². The van der Waals surface area contributed by atoms with E-state index in [1.54, 1.807) is 0 Å². The number of nitrogens with one attached hydrogen (secondary N) is 1. The van der Waals surface area contributed by atoms with Crippen molar-refractivity contribution in [2.24, 2.45) is 0 Å². The summed E-state index contributed by atoms with van der Waals surface area (Å²) < 4.78 is 6.60. The van der Waals surface area contributed by atoms with Crippen LogP contribution < -0.4 is 5.32 Å². The second kappa shape index (κ2) is 3.88. The largest absolute Gasteiger partial charge is 0.441 e. The Bertz CT molecular complexity index is 436. The molecule has 2 nitrogen and oxygen atoms in total. The van der Waals surface area contributed by atoms with E-state index >= 15 is 0 Å². The molecule has 72 valence electrons. The van der Waals surface area contributed by atoms with Crippen molar-refractivity contribution in [3.8, 4) is 11.3 Å². The van der Waals surface area contributed by atoms with E-state index in [1.807, 2.05) is 43.4 Å². The second-order valence-electron chi connectivity index (χ2n) is 2.92. The van der Waals surface area contributed by atoms with Crippen molar-refractivity contribution >= 4 is 21.8 Å². The molecule has 3 heteroatoms. The quantitative estimate of drug-likeness (QED) is 0.880. The minimum absolute atomic E-state index is 0.778. The molecule has 0 saturated heterocycles. The maximum atomic E-state index is 5.54. The van der Waals surface area contributed by atoms with Gasteiger partial charge in [-0.05, 0) is 18.2 Å². The summed E-state index contributed by atoms with van der Waals surface area (Å²) in [5.74, 6) is 1.65. The van der Waals surface area contributed by atoms with E-state index in [1.165, 1.54) is 0 Å². The van der Waals surface area contributed by atoms with E-state index in [-0.39, 0.29) is 0 Å². The van der Waals surface area contributed by atoms with E-state index in [0.717, 1.165) is 21.7 Å². The zero-order valence-electron chi connectivity index (χ0n) is 7.75. The maximum absolute atomic E-state index is 5.54. The first-order chi connectivity index (χ1) is 6.79. The van der Waals surface area contributed by atoms with Crippen LogP contribution in [-0.4, -0.2) is 7.05 Å². The molecule has 1 aromatic heterocycles. The molecule has 0 aliphatic carbocycles. The van der Waals surface area contributed by atoms with Gasteiger partial charge in [0.05, 0.1) is 0 Å². The molecular formula is C11H10BrNO. The SMILES string of the molecule is CNc1ccc(-c2cccc(Br)c2)o1. The first kappa shape index (κ1) is 9.34. The van der Waals surface area contributed by atoms with Crippen molar-refractivity contribution < 1.29 is 4.42 Å². The lowest BCUT2D eigenvalue weighted by molar-refractivity contribution is 0.598. The highest BCUT2D eigenvalue weighted by atomic mass is 79.9. The van der Waals surface area contributed by atoms with E-state index in [9.17, 15) is 0 Å². The molecule has 1 N–H and O–H groups in total. The van der Waals surface area contributed by atoms with E-state index in [4.69, 9.17) is 4.42 Å². The summed E-state index contributed by atoms with van der Waals surface area (Å²) in [5, 5.41) is 2.95.